The van der Waals surface area contributed by atoms with E-state index in [9.17, 15) is 0 Å². The maximum Gasteiger partial charge on any atom is 0.0700 e. The minimum absolute atomic E-state index is 0.411. The van der Waals surface area contributed by atoms with Gasteiger partial charge in [-0.1, -0.05) is 0 Å². The van der Waals surface area contributed by atoms with E-state index in [1.165, 1.54) is 12.8 Å². The van der Waals surface area contributed by atoms with Gasteiger partial charge in [0.25, 0.3) is 0 Å². The topological polar surface area (TPSA) is 56.5 Å². The average molecular weight is 228 g/mol. The van der Waals surface area contributed by atoms with Gasteiger partial charge in [-0.3, -0.25) is 0 Å². The van der Waals surface area contributed by atoms with E-state index in [0.717, 1.165) is 45.8 Å². The summed E-state index contributed by atoms with van der Waals surface area (Å²) < 4.78 is 11.0. The number of hydrogen-bond donors (Lipinski definition) is 2. The number of nitrogens with two attached hydrogens (primary N) is 1. The van der Waals surface area contributed by atoms with Crippen molar-refractivity contribution in [2.45, 2.75) is 37.8 Å². The number of rotatable bonds is 5. The minimum atomic E-state index is 0.411. The third kappa shape index (κ3) is 3.42. The van der Waals surface area contributed by atoms with Crippen LogP contribution in [0, 0.1) is 5.92 Å². The van der Waals surface area contributed by atoms with Gasteiger partial charge in [-0.05, 0) is 31.6 Å². The van der Waals surface area contributed by atoms with Crippen molar-refractivity contribution >= 4 is 0 Å². The predicted molar refractivity (Wildman–Crippen MR) is 63.4 cm³/mol. The lowest BCUT2D eigenvalue weighted by Crippen LogP contribution is -2.46. The van der Waals surface area contributed by atoms with E-state index < -0.39 is 0 Å². The lowest BCUT2D eigenvalue weighted by Gasteiger charge is -2.30. The summed E-state index contributed by atoms with van der Waals surface area (Å²) >= 11 is 0. The molecule has 2 unspecified atom stereocenters. The molecule has 3 N–H and O–H groups in total. The second kappa shape index (κ2) is 6.55. The number of nitrogens with one attached hydrogen (secondary N) is 1. The smallest absolute Gasteiger partial charge is 0.0700 e. The summed E-state index contributed by atoms with van der Waals surface area (Å²) in [4.78, 5) is 0. The molecule has 16 heavy (non-hydrogen) atoms. The van der Waals surface area contributed by atoms with Gasteiger partial charge < -0.3 is 20.5 Å². The lowest BCUT2D eigenvalue weighted by molar-refractivity contribution is 0.0505. The van der Waals surface area contributed by atoms with Crippen LogP contribution in [0.5, 0.6) is 0 Å². The first-order valence-corrected chi connectivity index (χ1v) is 6.53. The van der Waals surface area contributed by atoms with Gasteiger partial charge in [0.15, 0.2) is 0 Å². The van der Waals surface area contributed by atoms with Gasteiger partial charge in [0, 0.05) is 39.0 Å². The van der Waals surface area contributed by atoms with E-state index in [1.54, 1.807) is 0 Å². The van der Waals surface area contributed by atoms with E-state index >= 15 is 0 Å². The van der Waals surface area contributed by atoms with Gasteiger partial charge in [0.2, 0.25) is 0 Å². The number of ether oxygens (including phenoxy) is 2. The van der Waals surface area contributed by atoms with Gasteiger partial charge in [-0.15, -0.1) is 0 Å². The highest BCUT2D eigenvalue weighted by molar-refractivity contribution is 4.81. The van der Waals surface area contributed by atoms with Crippen molar-refractivity contribution in [2.24, 2.45) is 11.7 Å². The third-order valence-electron chi connectivity index (χ3n) is 3.72. The van der Waals surface area contributed by atoms with Gasteiger partial charge in [0.1, 0.15) is 0 Å². The molecule has 2 fully saturated rings. The molecule has 0 radical (unpaired) electrons. The Hall–Kier alpha value is -0.160. The standard InChI is InChI=1S/C12H24N2O2/c13-8-12(10-3-6-15-7-4-10)14-9-11-2-1-5-16-11/h10-12,14H,1-9,13H2. The van der Waals surface area contributed by atoms with E-state index in [1.807, 2.05) is 0 Å². The van der Waals surface area contributed by atoms with Crippen molar-refractivity contribution in [3.05, 3.63) is 0 Å². The highest BCUT2D eigenvalue weighted by atomic mass is 16.5. The molecule has 2 atom stereocenters. The van der Waals surface area contributed by atoms with Gasteiger partial charge >= 0.3 is 0 Å². The molecule has 4 nitrogen and oxygen atoms in total. The summed E-state index contributed by atoms with van der Waals surface area (Å²) in [5.41, 5.74) is 5.84. The molecule has 2 saturated heterocycles. The molecule has 4 heteroatoms. The van der Waals surface area contributed by atoms with E-state index in [0.29, 0.717) is 18.1 Å². The summed E-state index contributed by atoms with van der Waals surface area (Å²) in [7, 11) is 0. The van der Waals surface area contributed by atoms with Crippen LogP contribution in [0.15, 0.2) is 0 Å². The molecule has 2 heterocycles. The van der Waals surface area contributed by atoms with Crippen molar-refractivity contribution in [1.29, 1.82) is 0 Å². The van der Waals surface area contributed by atoms with E-state index in [2.05, 4.69) is 5.32 Å². The summed E-state index contributed by atoms with van der Waals surface area (Å²) in [5, 5.41) is 3.58. The Labute approximate surface area is 97.9 Å². The maximum atomic E-state index is 5.84. The van der Waals surface area contributed by atoms with Crippen molar-refractivity contribution in [3.63, 3.8) is 0 Å². The molecule has 2 aliphatic heterocycles. The van der Waals surface area contributed by atoms with Crippen LogP contribution >= 0.6 is 0 Å². The van der Waals surface area contributed by atoms with Crippen LogP contribution in [0.4, 0.5) is 0 Å². The Bertz CT molecular complexity index is 189. The summed E-state index contributed by atoms with van der Waals surface area (Å²) in [6.07, 6.45) is 5.09. The molecule has 0 bridgehead atoms. The molecule has 2 rings (SSSR count). The molecule has 0 amide bonds. The van der Waals surface area contributed by atoms with Crippen molar-refractivity contribution in [2.75, 3.05) is 32.9 Å². The van der Waals surface area contributed by atoms with Crippen LogP contribution in [-0.2, 0) is 9.47 Å². The first-order chi connectivity index (χ1) is 7.90. The van der Waals surface area contributed by atoms with Crippen LogP contribution in [0.3, 0.4) is 0 Å². The molecule has 2 aliphatic rings. The summed E-state index contributed by atoms with van der Waals surface area (Å²) in [6.45, 7) is 4.39. The fourth-order valence-electron chi connectivity index (χ4n) is 2.65. The van der Waals surface area contributed by atoms with Gasteiger partial charge in [-0.2, -0.15) is 0 Å². The third-order valence-corrected chi connectivity index (χ3v) is 3.72. The molecule has 0 aromatic carbocycles. The van der Waals surface area contributed by atoms with Gasteiger partial charge in [-0.25, -0.2) is 0 Å². The normalized spacial score (nSPS) is 29.4. The predicted octanol–water partition coefficient (Wildman–Crippen LogP) is 0.509. The van der Waals surface area contributed by atoms with Crippen LogP contribution in [-0.4, -0.2) is 45.1 Å². The molecule has 0 aliphatic carbocycles. The fraction of sp³-hybridized carbons (Fsp3) is 1.00. The monoisotopic (exact) mass is 228 g/mol. The highest BCUT2D eigenvalue weighted by Gasteiger charge is 2.24. The second-order valence-electron chi connectivity index (χ2n) is 4.84. The quantitative estimate of drug-likeness (QED) is 0.720. The Morgan fingerprint density at radius 1 is 1.19 bits per heavy atom. The zero-order chi connectivity index (χ0) is 11.2. The van der Waals surface area contributed by atoms with Crippen LogP contribution in [0.25, 0.3) is 0 Å². The molecule has 94 valence electrons. The largest absolute Gasteiger partial charge is 0.381 e. The van der Waals surface area contributed by atoms with E-state index in [4.69, 9.17) is 15.2 Å². The van der Waals surface area contributed by atoms with Crippen molar-refractivity contribution in [1.82, 2.24) is 5.32 Å². The number of hydrogen-bond acceptors (Lipinski definition) is 4. The lowest BCUT2D eigenvalue weighted by atomic mass is 9.91. The van der Waals surface area contributed by atoms with Gasteiger partial charge in [0.05, 0.1) is 6.10 Å². The SMILES string of the molecule is NCC(NCC1CCCO1)C1CCOCC1. The Kier molecular flexibility index (Phi) is 5.03. The minimum Gasteiger partial charge on any atom is -0.381 e. The molecular weight excluding hydrogens is 204 g/mol. The van der Waals surface area contributed by atoms with Crippen molar-refractivity contribution < 1.29 is 9.47 Å². The fourth-order valence-corrected chi connectivity index (χ4v) is 2.65. The zero-order valence-electron chi connectivity index (χ0n) is 9.99. The summed E-state index contributed by atoms with van der Waals surface area (Å²) in [6, 6.07) is 0.438. The first kappa shape index (κ1) is 12.3. The average Bonchev–Trinajstić information content (AvgIpc) is 2.84. The van der Waals surface area contributed by atoms with Crippen molar-refractivity contribution in [3.8, 4) is 0 Å². The molecule has 0 aromatic heterocycles. The first-order valence-electron chi connectivity index (χ1n) is 6.53. The van der Waals surface area contributed by atoms with Crippen LogP contribution < -0.4 is 11.1 Å². The molecule has 0 saturated carbocycles. The maximum absolute atomic E-state index is 5.84. The Balaban J connectivity index is 1.70. The van der Waals surface area contributed by atoms with Crippen LogP contribution in [0.1, 0.15) is 25.7 Å². The zero-order valence-corrected chi connectivity index (χ0v) is 9.99. The summed E-state index contributed by atoms with van der Waals surface area (Å²) in [5.74, 6) is 0.681. The molecule has 0 spiro atoms. The van der Waals surface area contributed by atoms with E-state index in [-0.39, 0.29) is 0 Å². The van der Waals surface area contributed by atoms with Crippen LogP contribution in [0.2, 0.25) is 0 Å². The highest BCUT2D eigenvalue weighted by Crippen LogP contribution is 2.19. The second-order valence-corrected chi connectivity index (χ2v) is 4.84. The Morgan fingerprint density at radius 2 is 2.00 bits per heavy atom. The molecule has 0 aromatic rings. The molecular formula is C12H24N2O2. The Morgan fingerprint density at radius 3 is 2.62 bits per heavy atom.